The molecule has 0 bridgehead atoms. The van der Waals surface area contributed by atoms with Crippen LogP contribution in [0.15, 0.2) is 53.3 Å². The van der Waals surface area contributed by atoms with Gasteiger partial charge in [0.05, 0.1) is 12.2 Å². The molecule has 1 amide bonds. The summed E-state index contributed by atoms with van der Waals surface area (Å²) in [4.78, 5) is 19.9. The van der Waals surface area contributed by atoms with E-state index in [2.05, 4.69) is 38.1 Å². The lowest BCUT2D eigenvalue weighted by molar-refractivity contribution is -0.126. The summed E-state index contributed by atoms with van der Waals surface area (Å²) < 4.78 is 3.01. The minimum absolute atomic E-state index is 0.0347. The number of imidazole rings is 1. The highest BCUT2D eigenvalue weighted by molar-refractivity contribution is 9.10. The van der Waals surface area contributed by atoms with Crippen LogP contribution in [0.4, 0.5) is 0 Å². The number of likely N-dealkylation sites (tertiary alicyclic amines) is 1. The molecule has 1 aliphatic rings. The monoisotopic (exact) mass is 426 g/mol. The molecule has 4 rings (SSSR count). The van der Waals surface area contributed by atoms with Gasteiger partial charge in [0.25, 0.3) is 0 Å². The predicted molar refractivity (Wildman–Crippen MR) is 109 cm³/mol. The number of carbonyl (C=O) groups is 1. The molecule has 3 heterocycles. The number of rotatable bonds is 5. The van der Waals surface area contributed by atoms with Crippen LogP contribution in [-0.4, -0.2) is 33.3 Å². The smallest absolute Gasteiger partial charge is 0.242 e. The summed E-state index contributed by atoms with van der Waals surface area (Å²) in [5.74, 6) is 0.0347. The number of nitrogens with one attached hydrogen (secondary N) is 1. The first-order valence-corrected chi connectivity index (χ1v) is 10.1. The van der Waals surface area contributed by atoms with Crippen LogP contribution in [0.1, 0.15) is 35.7 Å². The van der Waals surface area contributed by atoms with Crippen molar-refractivity contribution in [3.8, 4) is 0 Å². The number of halogens is 1. The van der Waals surface area contributed by atoms with E-state index in [1.165, 1.54) is 5.56 Å². The lowest BCUT2D eigenvalue weighted by atomic mass is 10.0. The van der Waals surface area contributed by atoms with Crippen molar-refractivity contribution < 1.29 is 4.79 Å². The van der Waals surface area contributed by atoms with Crippen molar-refractivity contribution in [3.05, 3.63) is 70.1 Å². The topological polar surface area (TPSA) is 49.6 Å². The molecule has 0 aliphatic carbocycles. The molecule has 2 aromatic heterocycles. The zero-order chi connectivity index (χ0) is 18.8. The quantitative estimate of drug-likeness (QED) is 0.673. The van der Waals surface area contributed by atoms with Crippen LogP contribution >= 0.6 is 15.9 Å². The molecule has 1 N–H and O–H groups in total. The van der Waals surface area contributed by atoms with Gasteiger partial charge in [0.2, 0.25) is 5.91 Å². The van der Waals surface area contributed by atoms with E-state index in [0.717, 1.165) is 47.3 Å². The molecule has 5 nitrogen and oxygen atoms in total. The van der Waals surface area contributed by atoms with Crippen LogP contribution in [0.2, 0.25) is 0 Å². The summed E-state index contributed by atoms with van der Waals surface area (Å²) >= 11 is 3.47. The molecular formula is C21H23BrN4O. The fourth-order valence-corrected chi connectivity index (χ4v) is 3.93. The van der Waals surface area contributed by atoms with E-state index in [9.17, 15) is 4.79 Å². The van der Waals surface area contributed by atoms with Crippen LogP contribution in [0, 0.1) is 6.92 Å². The Morgan fingerprint density at radius 3 is 2.70 bits per heavy atom. The van der Waals surface area contributed by atoms with Crippen molar-refractivity contribution in [3.63, 3.8) is 0 Å². The second-order valence-electron chi connectivity index (χ2n) is 7.12. The number of carbonyl (C=O) groups excluding carboxylic acids is 1. The fourth-order valence-electron chi connectivity index (χ4n) is 3.67. The van der Waals surface area contributed by atoms with Crippen molar-refractivity contribution in [2.45, 2.75) is 32.4 Å². The van der Waals surface area contributed by atoms with E-state index >= 15 is 0 Å². The van der Waals surface area contributed by atoms with E-state index < -0.39 is 0 Å². The van der Waals surface area contributed by atoms with Crippen LogP contribution in [-0.2, 0) is 11.3 Å². The molecule has 1 saturated heterocycles. The molecule has 1 fully saturated rings. The van der Waals surface area contributed by atoms with Gasteiger partial charge in [0.1, 0.15) is 11.7 Å². The molecule has 0 spiro atoms. The van der Waals surface area contributed by atoms with E-state index in [1.807, 2.05) is 53.2 Å². The number of fused-ring (bicyclic) bond motifs is 1. The summed E-state index contributed by atoms with van der Waals surface area (Å²) in [5.41, 5.74) is 3.98. The lowest BCUT2D eigenvalue weighted by Gasteiger charge is -2.27. The van der Waals surface area contributed by atoms with Crippen LogP contribution in [0.25, 0.3) is 5.65 Å². The molecule has 0 saturated carbocycles. The Kier molecular flexibility index (Phi) is 5.27. The van der Waals surface area contributed by atoms with Crippen molar-refractivity contribution in [1.82, 2.24) is 19.6 Å². The molecular weight excluding hydrogens is 404 g/mol. The Hall–Kier alpha value is -2.18. The summed E-state index contributed by atoms with van der Waals surface area (Å²) in [6.07, 6.45) is 6.26. The first-order valence-electron chi connectivity index (χ1n) is 9.31. The molecule has 1 aromatic carbocycles. The van der Waals surface area contributed by atoms with Gasteiger partial charge in [-0.05, 0) is 68.2 Å². The summed E-state index contributed by atoms with van der Waals surface area (Å²) in [5, 5.41) is 3.10. The van der Waals surface area contributed by atoms with E-state index in [0.29, 0.717) is 6.54 Å². The maximum Gasteiger partial charge on any atom is 0.242 e. The van der Waals surface area contributed by atoms with Gasteiger partial charge in [0, 0.05) is 16.9 Å². The Balaban J connectivity index is 1.51. The van der Waals surface area contributed by atoms with Gasteiger partial charge in [-0.15, -0.1) is 0 Å². The van der Waals surface area contributed by atoms with Crippen LogP contribution in [0.3, 0.4) is 0 Å². The van der Waals surface area contributed by atoms with Gasteiger partial charge >= 0.3 is 0 Å². The van der Waals surface area contributed by atoms with Crippen molar-refractivity contribution in [2.24, 2.45) is 0 Å². The standard InChI is InChI=1S/C21H23BrN4O/c1-15-8-11-26-14-18(24-19(26)12-15)13-23-21(27)20(25-9-2-3-10-25)16-4-6-17(22)7-5-16/h4-8,11-12,14,20H,2-3,9-10,13H2,1H3,(H,23,27). The van der Waals surface area contributed by atoms with E-state index in [-0.39, 0.29) is 11.9 Å². The largest absolute Gasteiger partial charge is 0.349 e. The maximum absolute atomic E-state index is 13.1. The molecule has 27 heavy (non-hydrogen) atoms. The van der Waals surface area contributed by atoms with Crippen LogP contribution < -0.4 is 5.32 Å². The number of nitrogens with zero attached hydrogens (tertiary/aromatic N) is 3. The Labute approximate surface area is 167 Å². The number of pyridine rings is 1. The molecule has 3 aromatic rings. The Morgan fingerprint density at radius 1 is 1.22 bits per heavy atom. The normalized spacial score (nSPS) is 15.9. The molecule has 1 unspecified atom stereocenters. The molecule has 1 aliphatic heterocycles. The molecule has 6 heteroatoms. The van der Waals surface area contributed by atoms with Gasteiger partial charge in [-0.2, -0.15) is 0 Å². The minimum atomic E-state index is -0.250. The maximum atomic E-state index is 13.1. The number of aromatic nitrogens is 2. The van der Waals surface area contributed by atoms with Crippen molar-refractivity contribution in [2.75, 3.05) is 13.1 Å². The Bertz CT molecular complexity index is 944. The highest BCUT2D eigenvalue weighted by Crippen LogP contribution is 2.26. The lowest BCUT2D eigenvalue weighted by Crippen LogP contribution is -2.39. The molecule has 1 atom stereocenters. The van der Waals surface area contributed by atoms with Gasteiger partial charge in [-0.3, -0.25) is 9.69 Å². The second-order valence-corrected chi connectivity index (χ2v) is 8.03. The first-order chi connectivity index (χ1) is 13.1. The second kappa shape index (κ2) is 7.82. The minimum Gasteiger partial charge on any atom is -0.349 e. The SMILES string of the molecule is Cc1ccn2cc(CNC(=O)C(c3ccc(Br)cc3)N3CCCC3)nc2c1. The summed E-state index contributed by atoms with van der Waals surface area (Å²) in [6, 6.07) is 11.9. The first kappa shape index (κ1) is 18.2. The Morgan fingerprint density at radius 2 is 1.96 bits per heavy atom. The van der Waals surface area contributed by atoms with Gasteiger partial charge < -0.3 is 9.72 Å². The average molecular weight is 427 g/mol. The fraction of sp³-hybridized carbons (Fsp3) is 0.333. The van der Waals surface area contributed by atoms with Crippen molar-refractivity contribution in [1.29, 1.82) is 0 Å². The number of benzene rings is 1. The number of aryl methyl sites for hydroxylation is 1. The van der Waals surface area contributed by atoms with Gasteiger partial charge in [-0.1, -0.05) is 28.1 Å². The highest BCUT2D eigenvalue weighted by atomic mass is 79.9. The zero-order valence-electron chi connectivity index (χ0n) is 15.4. The predicted octanol–water partition coefficient (Wildman–Crippen LogP) is 3.86. The average Bonchev–Trinajstić information content (AvgIpc) is 3.31. The summed E-state index contributed by atoms with van der Waals surface area (Å²) in [7, 11) is 0. The number of amides is 1. The van der Waals surface area contributed by atoms with Gasteiger partial charge in [0.15, 0.2) is 0 Å². The van der Waals surface area contributed by atoms with Crippen LogP contribution in [0.5, 0.6) is 0 Å². The van der Waals surface area contributed by atoms with Crippen molar-refractivity contribution >= 4 is 27.5 Å². The van der Waals surface area contributed by atoms with E-state index in [4.69, 9.17) is 0 Å². The summed E-state index contributed by atoms with van der Waals surface area (Å²) in [6.45, 7) is 4.40. The third kappa shape index (κ3) is 4.06. The number of hydrogen-bond donors (Lipinski definition) is 1. The molecule has 0 radical (unpaired) electrons. The van der Waals surface area contributed by atoms with Gasteiger partial charge in [-0.25, -0.2) is 4.98 Å². The number of hydrogen-bond acceptors (Lipinski definition) is 3. The third-order valence-corrected chi connectivity index (χ3v) is 5.58. The third-order valence-electron chi connectivity index (χ3n) is 5.05. The zero-order valence-corrected chi connectivity index (χ0v) is 16.9. The molecule has 140 valence electrons. The highest BCUT2D eigenvalue weighted by Gasteiger charge is 2.29. The van der Waals surface area contributed by atoms with E-state index in [1.54, 1.807) is 0 Å².